The lowest BCUT2D eigenvalue weighted by Gasteiger charge is -2.57. The summed E-state index contributed by atoms with van der Waals surface area (Å²) in [5, 5.41) is 8.85. The summed E-state index contributed by atoms with van der Waals surface area (Å²) in [5.41, 5.74) is 3.68. The van der Waals surface area contributed by atoms with E-state index in [1.165, 1.54) is 38.5 Å². The van der Waals surface area contributed by atoms with Crippen LogP contribution in [0.5, 0.6) is 5.75 Å². The van der Waals surface area contributed by atoms with Gasteiger partial charge in [-0.2, -0.15) is 0 Å². The van der Waals surface area contributed by atoms with Crippen LogP contribution in [-0.4, -0.2) is 36.7 Å². The number of carbonyl (C=O) groups is 1. The average molecular weight is 358 g/mol. The first-order valence-corrected chi connectivity index (χ1v) is 9.80. The number of methoxy groups -OCH3 is 1. The topological polar surface area (TPSA) is 61.8 Å². The van der Waals surface area contributed by atoms with Crippen LogP contribution in [0, 0.1) is 23.2 Å². The minimum atomic E-state index is -0.546. The Hall–Kier alpha value is -1.59. The van der Waals surface area contributed by atoms with Gasteiger partial charge in [-0.1, -0.05) is 6.07 Å². The van der Waals surface area contributed by atoms with E-state index in [1.54, 1.807) is 18.7 Å². The molecule has 4 saturated carbocycles. The van der Waals surface area contributed by atoms with Crippen LogP contribution < -0.4 is 10.2 Å². The molecule has 1 aromatic rings. The van der Waals surface area contributed by atoms with Gasteiger partial charge in [0.05, 0.1) is 12.7 Å². The second kappa shape index (κ2) is 6.86. The van der Waals surface area contributed by atoms with E-state index in [0.717, 1.165) is 36.4 Å². The monoisotopic (exact) mass is 358 g/mol. The second-order valence-corrected chi connectivity index (χ2v) is 9.07. The maximum Gasteiger partial charge on any atom is 0.278 e. The molecule has 0 radical (unpaired) electrons. The van der Waals surface area contributed by atoms with Crippen LogP contribution in [0.15, 0.2) is 18.2 Å². The number of carbonyl (C=O) groups excluding carboxylic acids is 1. The number of hydrogen-bond acceptors (Lipinski definition) is 4. The van der Waals surface area contributed by atoms with Gasteiger partial charge in [-0.25, -0.2) is 5.48 Å². The number of nitrogens with zero attached hydrogens (tertiary/aromatic N) is 1. The van der Waals surface area contributed by atoms with Crippen LogP contribution in [0.4, 0.5) is 0 Å². The fraction of sp³-hybridized carbons (Fsp3) is 0.667. The van der Waals surface area contributed by atoms with Crippen LogP contribution in [0.2, 0.25) is 0 Å². The highest BCUT2D eigenvalue weighted by Crippen LogP contribution is 2.60. The van der Waals surface area contributed by atoms with Gasteiger partial charge in [-0.15, -0.1) is 0 Å². The number of ether oxygens (including phenoxy) is 1. The SMILES string of the molecule is COc1cc(CN(C)CC23CC4CC(CC(C4)C2)C3)ccc1C(=O)NO. The molecule has 0 unspecified atom stereocenters. The van der Waals surface area contributed by atoms with Crippen molar-refractivity contribution >= 4 is 5.91 Å². The van der Waals surface area contributed by atoms with Crippen molar-refractivity contribution in [1.29, 1.82) is 0 Å². The molecule has 0 atom stereocenters. The van der Waals surface area contributed by atoms with E-state index in [9.17, 15) is 4.79 Å². The fourth-order valence-corrected chi connectivity index (χ4v) is 6.51. The molecule has 0 saturated heterocycles. The number of nitrogens with one attached hydrogen (secondary N) is 1. The lowest BCUT2D eigenvalue weighted by atomic mass is 9.49. The van der Waals surface area contributed by atoms with Crippen LogP contribution >= 0.6 is 0 Å². The summed E-state index contributed by atoms with van der Waals surface area (Å²) in [6.45, 7) is 2.01. The molecule has 5 rings (SSSR count). The summed E-state index contributed by atoms with van der Waals surface area (Å²) < 4.78 is 5.33. The summed E-state index contributed by atoms with van der Waals surface area (Å²) in [7, 11) is 3.76. The predicted molar refractivity (Wildman–Crippen MR) is 99.2 cm³/mol. The fourth-order valence-electron chi connectivity index (χ4n) is 6.51. The minimum absolute atomic E-state index is 0.350. The maximum absolute atomic E-state index is 11.7. The molecule has 1 amide bonds. The molecule has 2 N–H and O–H groups in total. The third-order valence-corrected chi connectivity index (χ3v) is 6.83. The van der Waals surface area contributed by atoms with Crippen molar-refractivity contribution in [3.05, 3.63) is 29.3 Å². The summed E-state index contributed by atoms with van der Waals surface area (Å²) >= 11 is 0. The smallest absolute Gasteiger partial charge is 0.278 e. The summed E-state index contributed by atoms with van der Waals surface area (Å²) in [6.07, 6.45) is 8.70. The lowest BCUT2D eigenvalue weighted by Crippen LogP contribution is -2.50. The van der Waals surface area contributed by atoms with Gasteiger partial charge in [0.2, 0.25) is 0 Å². The van der Waals surface area contributed by atoms with E-state index in [-0.39, 0.29) is 0 Å². The highest BCUT2D eigenvalue weighted by molar-refractivity contribution is 5.96. The Morgan fingerprint density at radius 3 is 2.38 bits per heavy atom. The Morgan fingerprint density at radius 2 is 1.85 bits per heavy atom. The first kappa shape index (κ1) is 17.8. The van der Waals surface area contributed by atoms with Crippen molar-refractivity contribution in [3.8, 4) is 5.75 Å². The Morgan fingerprint density at radius 1 is 1.23 bits per heavy atom. The molecule has 26 heavy (non-hydrogen) atoms. The molecule has 0 spiro atoms. The molecule has 5 heteroatoms. The molecule has 5 nitrogen and oxygen atoms in total. The Labute approximate surface area is 155 Å². The Bertz CT molecular complexity index is 653. The first-order chi connectivity index (χ1) is 12.5. The van der Waals surface area contributed by atoms with E-state index < -0.39 is 5.91 Å². The van der Waals surface area contributed by atoms with Gasteiger partial charge in [0.25, 0.3) is 5.91 Å². The van der Waals surface area contributed by atoms with Crippen LogP contribution in [0.25, 0.3) is 0 Å². The first-order valence-electron chi connectivity index (χ1n) is 9.80. The molecule has 0 heterocycles. The lowest BCUT2D eigenvalue weighted by molar-refractivity contribution is -0.0670. The van der Waals surface area contributed by atoms with Gasteiger partial charge in [0.15, 0.2) is 0 Å². The normalized spacial score (nSPS) is 32.1. The zero-order chi connectivity index (χ0) is 18.3. The molecule has 0 aliphatic heterocycles. The van der Waals surface area contributed by atoms with E-state index in [4.69, 9.17) is 9.94 Å². The highest BCUT2D eigenvalue weighted by atomic mass is 16.5. The van der Waals surface area contributed by atoms with Gasteiger partial charge < -0.3 is 9.64 Å². The third kappa shape index (κ3) is 3.35. The Kier molecular flexibility index (Phi) is 4.70. The van der Waals surface area contributed by atoms with Gasteiger partial charge in [0, 0.05) is 13.1 Å². The van der Waals surface area contributed by atoms with E-state index in [2.05, 4.69) is 11.9 Å². The van der Waals surface area contributed by atoms with E-state index in [0.29, 0.717) is 16.7 Å². The summed E-state index contributed by atoms with van der Waals surface area (Å²) in [4.78, 5) is 14.1. The van der Waals surface area contributed by atoms with Crippen molar-refractivity contribution in [2.45, 2.75) is 45.1 Å². The maximum atomic E-state index is 11.7. The van der Waals surface area contributed by atoms with Gasteiger partial charge in [-0.05, 0) is 86.4 Å². The molecule has 4 bridgehead atoms. The predicted octanol–water partition coefficient (Wildman–Crippen LogP) is 3.46. The molecule has 1 aromatic carbocycles. The summed E-state index contributed by atoms with van der Waals surface area (Å²) in [6, 6.07) is 5.57. The number of hydroxylamine groups is 1. The molecular weight excluding hydrogens is 328 g/mol. The van der Waals surface area contributed by atoms with Crippen LogP contribution in [0.1, 0.15) is 54.4 Å². The number of rotatable bonds is 6. The molecular formula is C21H30N2O3. The second-order valence-electron chi connectivity index (χ2n) is 9.07. The molecule has 4 aliphatic carbocycles. The van der Waals surface area contributed by atoms with Gasteiger partial charge >= 0.3 is 0 Å². The van der Waals surface area contributed by atoms with Crippen molar-refractivity contribution in [1.82, 2.24) is 10.4 Å². The van der Waals surface area contributed by atoms with Gasteiger partial charge in [-0.3, -0.25) is 10.0 Å². The molecule has 4 fully saturated rings. The number of amides is 1. The van der Waals surface area contributed by atoms with Crippen molar-refractivity contribution in [2.24, 2.45) is 23.2 Å². The summed E-state index contributed by atoms with van der Waals surface area (Å²) in [5.74, 6) is 2.88. The average Bonchev–Trinajstić information content (AvgIpc) is 2.59. The quantitative estimate of drug-likeness (QED) is 0.604. The largest absolute Gasteiger partial charge is 0.496 e. The molecule has 0 aromatic heterocycles. The number of benzene rings is 1. The standard InChI is InChI=1S/C21H30N2O3/c1-23(12-14-3-4-18(20(24)22-25)19(8-14)26-2)13-21-9-15-5-16(10-21)7-17(6-15)11-21/h3-4,8,15-17,25H,5-7,9-13H2,1-2H3,(H,22,24). The van der Waals surface area contributed by atoms with Crippen molar-refractivity contribution in [3.63, 3.8) is 0 Å². The highest BCUT2D eigenvalue weighted by Gasteiger charge is 2.50. The molecule has 142 valence electrons. The van der Waals surface area contributed by atoms with Crippen LogP contribution in [0.3, 0.4) is 0 Å². The van der Waals surface area contributed by atoms with Crippen molar-refractivity contribution < 1.29 is 14.7 Å². The van der Waals surface area contributed by atoms with Crippen LogP contribution in [-0.2, 0) is 6.54 Å². The van der Waals surface area contributed by atoms with Crippen molar-refractivity contribution in [2.75, 3.05) is 20.7 Å². The van der Waals surface area contributed by atoms with E-state index >= 15 is 0 Å². The third-order valence-electron chi connectivity index (χ3n) is 6.83. The van der Waals surface area contributed by atoms with E-state index in [1.807, 2.05) is 12.1 Å². The van der Waals surface area contributed by atoms with Gasteiger partial charge in [0.1, 0.15) is 5.75 Å². The minimum Gasteiger partial charge on any atom is -0.496 e. The zero-order valence-corrected chi connectivity index (χ0v) is 15.8. The Balaban J connectivity index is 1.43. The zero-order valence-electron chi connectivity index (χ0n) is 15.8. The number of hydrogen-bond donors (Lipinski definition) is 2. The molecule has 4 aliphatic rings.